The molecule has 0 aliphatic carbocycles. The van der Waals surface area contributed by atoms with Crippen LogP contribution < -0.4 is 14.8 Å². The highest BCUT2D eigenvalue weighted by molar-refractivity contribution is 7.99. The molecule has 4 nitrogen and oxygen atoms in total. The minimum atomic E-state index is -0.0539. The first-order valence-corrected chi connectivity index (χ1v) is 11.9. The number of benzene rings is 3. The zero-order valence-electron chi connectivity index (χ0n) is 16.3. The molecule has 0 bridgehead atoms. The molecule has 5 aromatic rings. The van der Waals surface area contributed by atoms with Crippen LogP contribution in [0.1, 0.15) is 5.56 Å². The van der Waals surface area contributed by atoms with Gasteiger partial charge in [-0.05, 0) is 48.5 Å². The van der Waals surface area contributed by atoms with Crippen molar-refractivity contribution in [2.45, 2.75) is 4.90 Å². The van der Waals surface area contributed by atoms with Gasteiger partial charge in [-0.3, -0.25) is 4.79 Å². The number of hydrogen-bond donors (Lipinski definition) is 0. The first kappa shape index (κ1) is 20.1. The maximum atomic E-state index is 13.0. The van der Waals surface area contributed by atoms with Crippen molar-refractivity contribution in [2.75, 3.05) is 12.4 Å². The van der Waals surface area contributed by atoms with Gasteiger partial charge in [0.1, 0.15) is 5.75 Å². The van der Waals surface area contributed by atoms with Crippen LogP contribution in [0.15, 0.2) is 82.5 Å². The Kier molecular flexibility index (Phi) is 5.68. The van der Waals surface area contributed by atoms with Crippen molar-refractivity contribution in [1.82, 2.24) is 9.38 Å². The summed E-state index contributed by atoms with van der Waals surface area (Å²) in [4.78, 5) is 19.4. The van der Waals surface area contributed by atoms with E-state index in [4.69, 9.17) is 16.3 Å². The molecule has 0 aliphatic rings. The lowest BCUT2D eigenvalue weighted by Crippen LogP contribution is -2.22. The molecule has 31 heavy (non-hydrogen) atoms. The fourth-order valence-corrected chi connectivity index (χ4v) is 5.16. The molecule has 0 radical (unpaired) electrons. The molecule has 0 spiro atoms. The maximum absolute atomic E-state index is 13.0. The Morgan fingerprint density at radius 3 is 2.68 bits per heavy atom. The van der Waals surface area contributed by atoms with Gasteiger partial charge in [-0.15, -0.1) is 11.8 Å². The van der Waals surface area contributed by atoms with Crippen LogP contribution in [-0.4, -0.2) is 21.7 Å². The van der Waals surface area contributed by atoms with E-state index in [0.717, 1.165) is 38.0 Å². The number of ether oxygens (including phenoxy) is 1. The van der Waals surface area contributed by atoms with E-state index in [9.17, 15) is 4.79 Å². The highest BCUT2D eigenvalue weighted by atomic mass is 35.5. The molecule has 0 atom stereocenters. The van der Waals surface area contributed by atoms with E-state index in [1.165, 1.54) is 11.3 Å². The van der Waals surface area contributed by atoms with E-state index >= 15 is 0 Å². The summed E-state index contributed by atoms with van der Waals surface area (Å²) in [6.07, 6.45) is 1.89. The Bertz CT molecular complexity index is 1480. The van der Waals surface area contributed by atoms with Gasteiger partial charge in [0.25, 0.3) is 5.56 Å². The molecule has 7 heteroatoms. The van der Waals surface area contributed by atoms with Crippen molar-refractivity contribution in [3.05, 3.63) is 98.3 Å². The van der Waals surface area contributed by atoms with Gasteiger partial charge in [-0.2, -0.15) is 0 Å². The van der Waals surface area contributed by atoms with Gasteiger partial charge in [0.2, 0.25) is 0 Å². The summed E-state index contributed by atoms with van der Waals surface area (Å²) in [7, 11) is 0. The average molecular weight is 465 g/mol. The standard InChI is InChI=1S/C24H17ClN2O2S2/c25-17-9-11-18(12-10-17)30-14-13-29-21-8-4-1-5-16(21)15-22-23(28)27-20-7-3-2-6-19(20)26-24(27)31-22/h1-12,15H,13-14H2/b22-15-. The highest BCUT2D eigenvalue weighted by Gasteiger charge is 2.11. The van der Waals surface area contributed by atoms with E-state index in [1.54, 1.807) is 16.2 Å². The number of hydrogen-bond acceptors (Lipinski definition) is 5. The molecule has 0 saturated carbocycles. The van der Waals surface area contributed by atoms with E-state index in [0.29, 0.717) is 16.1 Å². The number of imidazole rings is 1. The first-order chi connectivity index (χ1) is 15.2. The molecule has 0 fully saturated rings. The van der Waals surface area contributed by atoms with Crippen LogP contribution in [0.5, 0.6) is 5.75 Å². The molecule has 0 unspecified atom stereocenters. The summed E-state index contributed by atoms with van der Waals surface area (Å²) in [5.74, 6) is 1.57. The topological polar surface area (TPSA) is 43.6 Å². The number of aromatic nitrogens is 2. The molecule has 0 amide bonds. The summed E-state index contributed by atoms with van der Waals surface area (Å²) in [6.45, 7) is 0.556. The second kappa shape index (κ2) is 8.75. The third kappa shape index (κ3) is 4.19. The Hall–Kier alpha value is -2.80. The summed E-state index contributed by atoms with van der Waals surface area (Å²) in [6, 6.07) is 23.2. The van der Waals surface area contributed by atoms with Crippen LogP contribution in [0.3, 0.4) is 0 Å². The van der Waals surface area contributed by atoms with E-state index in [-0.39, 0.29) is 5.56 Å². The lowest BCUT2D eigenvalue weighted by Gasteiger charge is -2.09. The smallest absolute Gasteiger partial charge is 0.274 e. The van der Waals surface area contributed by atoms with Crippen LogP contribution >= 0.6 is 34.7 Å². The van der Waals surface area contributed by atoms with Crippen molar-refractivity contribution in [2.24, 2.45) is 0 Å². The van der Waals surface area contributed by atoms with Crippen molar-refractivity contribution >= 4 is 56.8 Å². The number of halogens is 1. The second-order valence-electron chi connectivity index (χ2n) is 6.82. The van der Waals surface area contributed by atoms with Crippen molar-refractivity contribution in [3.63, 3.8) is 0 Å². The Morgan fingerprint density at radius 2 is 1.81 bits per heavy atom. The molecule has 5 rings (SSSR count). The minimum absolute atomic E-state index is 0.0539. The van der Waals surface area contributed by atoms with Gasteiger partial charge in [0.05, 0.1) is 22.2 Å². The lowest BCUT2D eigenvalue weighted by molar-refractivity contribution is 0.343. The second-order valence-corrected chi connectivity index (χ2v) is 9.44. The minimum Gasteiger partial charge on any atom is -0.492 e. The third-order valence-electron chi connectivity index (χ3n) is 4.77. The lowest BCUT2D eigenvalue weighted by atomic mass is 10.2. The van der Waals surface area contributed by atoms with Crippen LogP contribution in [0, 0.1) is 0 Å². The maximum Gasteiger partial charge on any atom is 0.274 e. The number of thiazole rings is 1. The fourth-order valence-electron chi connectivity index (χ4n) is 3.33. The van der Waals surface area contributed by atoms with Crippen LogP contribution in [0.2, 0.25) is 5.02 Å². The third-order valence-corrected chi connectivity index (χ3v) is 6.97. The number of thioether (sulfide) groups is 1. The molecule has 154 valence electrons. The van der Waals surface area contributed by atoms with Gasteiger partial charge in [-0.25, -0.2) is 9.38 Å². The molecular weight excluding hydrogens is 448 g/mol. The van der Waals surface area contributed by atoms with E-state index in [1.807, 2.05) is 78.9 Å². The van der Waals surface area contributed by atoms with E-state index in [2.05, 4.69) is 4.98 Å². The number of nitrogens with zero attached hydrogens (tertiary/aromatic N) is 2. The first-order valence-electron chi connectivity index (χ1n) is 9.71. The summed E-state index contributed by atoms with van der Waals surface area (Å²) in [5, 5.41) is 0.733. The monoisotopic (exact) mass is 464 g/mol. The molecule has 2 aromatic heterocycles. The summed E-state index contributed by atoms with van der Waals surface area (Å²) >= 11 is 9.04. The molecule has 0 aliphatic heterocycles. The zero-order chi connectivity index (χ0) is 21.2. The largest absolute Gasteiger partial charge is 0.492 e. The zero-order valence-corrected chi connectivity index (χ0v) is 18.7. The Labute approximate surface area is 191 Å². The van der Waals surface area contributed by atoms with Crippen LogP contribution in [0.25, 0.3) is 22.1 Å². The van der Waals surface area contributed by atoms with Gasteiger partial charge in [0.15, 0.2) is 4.96 Å². The number of fused-ring (bicyclic) bond motifs is 3. The molecular formula is C24H17ClN2O2S2. The molecule has 0 saturated heterocycles. The summed E-state index contributed by atoms with van der Waals surface area (Å²) < 4.78 is 8.34. The van der Waals surface area contributed by atoms with Gasteiger partial charge >= 0.3 is 0 Å². The summed E-state index contributed by atoms with van der Waals surface area (Å²) in [5.41, 5.74) is 2.49. The van der Waals surface area contributed by atoms with Crippen LogP contribution in [-0.2, 0) is 0 Å². The molecule has 3 aromatic carbocycles. The highest BCUT2D eigenvalue weighted by Crippen LogP contribution is 2.23. The predicted octanol–water partition coefficient (Wildman–Crippen LogP) is 5.28. The quantitative estimate of drug-likeness (QED) is 0.253. The van der Waals surface area contributed by atoms with Gasteiger partial charge < -0.3 is 4.74 Å². The molecule has 0 N–H and O–H groups in total. The fraction of sp³-hybridized carbons (Fsp3) is 0.0833. The van der Waals surface area contributed by atoms with E-state index < -0.39 is 0 Å². The Balaban J connectivity index is 1.38. The predicted molar refractivity (Wildman–Crippen MR) is 130 cm³/mol. The van der Waals surface area contributed by atoms with Crippen molar-refractivity contribution < 1.29 is 4.74 Å². The van der Waals surface area contributed by atoms with Gasteiger partial charge in [0, 0.05) is 21.2 Å². The Morgan fingerprint density at radius 1 is 1.03 bits per heavy atom. The number of rotatable bonds is 6. The van der Waals surface area contributed by atoms with Crippen molar-refractivity contribution in [3.8, 4) is 5.75 Å². The van der Waals surface area contributed by atoms with Crippen molar-refractivity contribution in [1.29, 1.82) is 0 Å². The average Bonchev–Trinajstić information content (AvgIpc) is 3.30. The van der Waals surface area contributed by atoms with Gasteiger partial charge in [-0.1, -0.05) is 53.3 Å². The molecule has 2 heterocycles. The normalized spacial score (nSPS) is 12.1. The van der Waals surface area contributed by atoms with Crippen LogP contribution in [0.4, 0.5) is 0 Å². The number of para-hydroxylation sites is 3. The SMILES string of the molecule is O=c1/c(=C/c2ccccc2OCCSc2ccc(Cl)cc2)sc2nc3ccccc3n12.